The summed E-state index contributed by atoms with van der Waals surface area (Å²) in [6.45, 7) is 0.262. The van der Waals surface area contributed by atoms with Gasteiger partial charge in [-0.25, -0.2) is 9.78 Å². The van der Waals surface area contributed by atoms with Gasteiger partial charge in [0.1, 0.15) is 17.1 Å². The maximum atomic E-state index is 12.4. The molecule has 0 aliphatic rings. The second-order valence-electron chi connectivity index (χ2n) is 5.77. The van der Waals surface area contributed by atoms with E-state index in [2.05, 4.69) is 10.3 Å². The van der Waals surface area contributed by atoms with Gasteiger partial charge in [0.05, 0.1) is 12.5 Å². The van der Waals surface area contributed by atoms with Crippen LogP contribution < -0.4 is 21.3 Å². The zero-order valence-corrected chi connectivity index (χ0v) is 14.6. The molecule has 0 fully saturated rings. The Kier molecular flexibility index (Phi) is 4.57. The number of aromatic nitrogens is 3. The second-order valence-corrected chi connectivity index (χ2v) is 5.77. The maximum Gasteiger partial charge on any atom is 0.332 e. The topological polar surface area (TPSA) is 95.2 Å². The van der Waals surface area contributed by atoms with E-state index in [4.69, 9.17) is 4.74 Å². The van der Waals surface area contributed by atoms with Crippen molar-refractivity contribution in [2.45, 2.75) is 6.54 Å². The van der Waals surface area contributed by atoms with Gasteiger partial charge >= 0.3 is 5.69 Å². The first-order valence-electron chi connectivity index (χ1n) is 7.91. The van der Waals surface area contributed by atoms with Crippen molar-refractivity contribution in [1.82, 2.24) is 19.4 Å². The fourth-order valence-electron chi connectivity index (χ4n) is 2.70. The Morgan fingerprint density at radius 2 is 1.85 bits per heavy atom. The van der Waals surface area contributed by atoms with E-state index in [1.807, 2.05) is 18.2 Å². The summed E-state index contributed by atoms with van der Waals surface area (Å²) >= 11 is 0. The molecule has 3 aromatic rings. The first kappa shape index (κ1) is 17.4. The lowest BCUT2D eigenvalue weighted by atomic mass is 10.2. The van der Waals surface area contributed by atoms with Gasteiger partial charge in [0.2, 0.25) is 0 Å². The smallest absolute Gasteiger partial charge is 0.332 e. The number of benzene rings is 1. The van der Waals surface area contributed by atoms with Gasteiger partial charge in [-0.2, -0.15) is 0 Å². The lowest BCUT2D eigenvalue weighted by Gasteiger charge is -2.10. The highest BCUT2D eigenvalue weighted by molar-refractivity contribution is 5.94. The standard InChI is InChI=1S/C18H18N4O4/c1-21-15-12(17(24)22(2)18(21)25)8-9-13(20-15)16(23)19-10-11-6-4-5-7-14(11)26-3/h4-9H,10H2,1-3H3,(H,19,23). The zero-order chi connectivity index (χ0) is 18.8. The predicted molar refractivity (Wildman–Crippen MR) is 96.4 cm³/mol. The number of nitrogens with one attached hydrogen (secondary N) is 1. The minimum atomic E-state index is -0.499. The Morgan fingerprint density at radius 1 is 1.12 bits per heavy atom. The number of rotatable bonds is 4. The first-order chi connectivity index (χ1) is 12.4. The Hall–Kier alpha value is -3.42. The molecule has 0 radical (unpaired) electrons. The summed E-state index contributed by atoms with van der Waals surface area (Å²) in [7, 11) is 4.47. The van der Waals surface area contributed by atoms with Gasteiger partial charge in [-0.15, -0.1) is 0 Å². The van der Waals surface area contributed by atoms with Crippen molar-refractivity contribution in [1.29, 1.82) is 0 Å². The molecule has 0 saturated carbocycles. The van der Waals surface area contributed by atoms with Crippen LogP contribution in [0.2, 0.25) is 0 Å². The number of amides is 1. The van der Waals surface area contributed by atoms with Gasteiger partial charge in [0, 0.05) is 26.2 Å². The van der Waals surface area contributed by atoms with Crippen LogP contribution >= 0.6 is 0 Å². The summed E-state index contributed by atoms with van der Waals surface area (Å²) < 4.78 is 7.50. The molecule has 0 spiro atoms. The average molecular weight is 354 g/mol. The van der Waals surface area contributed by atoms with Crippen LogP contribution in [0.4, 0.5) is 0 Å². The molecule has 2 heterocycles. The SMILES string of the molecule is COc1ccccc1CNC(=O)c1ccc2c(=O)n(C)c(=O)n(C)c2n1. The van der Waals surface area contributed by atoms with Gasteiger partial charge in [0.25, 0.3) is 11.5 Å². The third-order valence-electron chi connectivity index (χ3n) is 4.17. The number of aryl methyl sites for hydroxylation is 1. The molecule has 0 atom stereocenters. The highest BCUT2D eigenvalue weighted by Crippen LogP contribution is 2.17. The first-order valence-corrected chi connectivity index (χ1v) is 7.91. The molecule has 26 heavy (non-hydrogen) atoms. The van der Waals surface area contributed by atoms with Crippen molar-refractivity contribution < 1.29 is 9.53 Å². The number of carbonyl (C=O) groups is 1. The van der Waals surface area contributed by atoms with E-state index < -0.39 is 17.2 Å². The number of nitrogens with zero attached hydrogens (tertiary/aromatic N) is 3. The molecule has 2 aromatic heterocycles. The summed E-state index contributed by atoms with van der Waals surface area (Å²) in [4.78, 5) is 40.8. The average Bonchev–Trinajstić information content (AvgIpc) is 2.68. The van der Waals surface area contributed by atoms with Gasteiger partial charge in [0.15, 0.2) is 0 Å². The zero-order valence-electron chi connectivity index (χ0n) is 14.6. The van der Waals surface area contributed by atoms with Crippen LogP contribution in [0, 0.1) is 0 Å². The minimum absolute atomic E-state index is 0.121. The summed E-state index contributed by atoms with van der Waals surface area (Å²) in [5.41, 5.74) is 0.169. The summed E-state index contributed by atoms with van der Waals surface area (Å²) in [5.74, 6) is 0.260. The van der Waals surface area contributed by atoms with Crippen LogP contribution in [-0.2, 0) is 20.6 Å². The van der Waals surface area contributed by atoms with Crippen LogP contribution in [-0.4, -0.2) is 27.1 Å². The normalized spacial score (nSPS) is 10.7. The molecule has 0 aliphatic heterocycles. The van der Waals surface area contributed by atoms with Gasteiger partial charge in [-0.3, -0.25) is 18.7 Å². The van der Waals surface area contributed by atoms with Gasteiger partial charge in [-0.05, 0) is 18.2 Å². The van der Waals surface area contributed by atoms with E-state index in [0.29, 0.717) is 5.75 Å². The Labute approximate surface area is 148 Å². The third-order valence-corrected chi connectivity index (χ3v) is 4.17. The lowest BCUT2D eigenvalue weighted by Crippen LogP contribution is -2.37. The van der Waals surface area contributed by atoms with Crippen molar-refractivity contribution in [3.8, 4) is 5.75 Å². The molecule has 1 amide bonds. The molecule has 0 aliphatic carbocycles. The molecular weight excluding hydrogens is 336 g/mol. The van der Waals surface area contributed by atoms with E-state index in [0.717, 1.165) is 10.1 Å². The lowest BCUT2D eigenvalue weighted by molar-refractivity contribution is 0.0946. The maximum absolute atomic E-state index is 12.4. The second kappa shape index (κ2) is 6.83. The molecule has 3 rings (SSSR count). The quantitative estimate of drug-likeness (QED) is 0.739. The van der Waals surface area contributed by atoms with Crippen LogP contribution in [0.1, 0.15) is 16.1 Å². The number of methoxy groups -OCH3 is 1. The van der Waals surface area contributed by atoms with E-state index in [9.17, 15) is 14.4 Å². The molecular formula is C18H18N4O4. The van der Waals surface area contributed by atoms with E-state index >= 15 is 0 Å². The Balaban J connectivity index is 1.92. The molecule has 0 bridgehead atoms. The highest BCUT2D eigenvalue weighted by atomic mass is 16.5. The van der Waals surface area contributed by atoms with Crippen LogP contribution in [0.5, 0.6) is 5.75 Å². The third kappa shape index (κ3) is 2.97. The van der Waals surface area contributed by atoms with Crippen molar-refractivity contribution in [3.63, 3.8) is 0 Å². The highest BCUT2D eigenvalue weighted by Gasteiger charge is 2.14. The molecule has 134 valence electrons. The molecule has 0 unspecified atom stereocenters. The minimum Gasteiger partial charge on any atom is -0.496 e. The summed E-state index contributed by atoms with van der Waals surface area (Å²) in [5, 5.41) is 3.04. The summed E-state index contributed by atoms with van der Waals surface area (Å²) in [6.07, 6.45) is 0. The van der Waals surface area contributed by atoms with Crippen molar-refractivity contribution in [3.05, 3.63) is 68.5 Å². The molecule has 1 N–H and O–H groups in total. The number of hydrogen-bond donors (Lipinski definition) is 1. The molecule has 8 heteroatoms. The number of para-hydroxylation sites is 1. The number of hydrogen-bond acceptors (Lipinski definition) is 5. The van der Waals surface area contributed by atoms with E-state index in [1.165, 1.54) is 30.8 Å². The van der Waals surface area contributed by atoms with Crippen LogP contribution in [0.15, 0.2) is 46.0 Å². The Morgan fingerprint density at radius 3 is 2.58 bits per heavy atom. The summed E-state index contributed by atoms with van der Waals surface area (Å²) in [6, 6.07) is 10.3. The number of carbonyl (C=O) groups excluding carboxylic acids is 1. The molecule has 8 nitrogen and oxygen atoms in total. The van der Waals surface area contributed by atoms with Crippen molar-refractivity contribution in [2.75, 3.05) is 7.11 Å². The van der Waals surface area contributed by atoms with Gasteiger partial charge in [-0.1, -0.05) is 18.2 Å². The predicted octanol–water partition coefficient (Wildman–Crippen LogP) is 0.571. The van der Waals surface area contributed by atoms with Crippen molar-refractivity contribution in [2.24, 2.45) is 14.1 Å². The molecule has 1 aromatic carbocycles. The van der Waals surface area contributed by atoms with Crippen LogP contribution in [0.25, 0.3) is 11.0 Å². The van der Waals surface area contributed by atoms with E-state index in [1.54, 1.807) is 13.2 Å². The number of fused-ring (bicyclic) bond motifs is 1. The number of pyridine rings is 1. The van der Waals surface area contributed by atoms with Crippen molar-refractivity contribution >= 4 is 16.9 Å². The van der Waals surface area contributed by atoms with Crippen LogP contribution in [0.3, 0.4) is 0 Å². The fourth-order valence-corrected chi connectivity index (χ4v) is 2.70. The van der Waals surface area contributed by atoms with Gasteiger partial charge < -0.3 is 10.1 Å². The largest absolute Gasteiger partial charge is 0.496 e. The molecule has 0 saturated heterocycles. The number of ether oxygens (including phenoxy) is 1. The monoisotopic (exact) mass is 354 g/mol. The van der Waals surface area contributed by atoms with E-state index in [-0.39, 0.29) is 23.3 Å². The Bertz CT molecular complexity index is 1110. The fraction of sp³-hybridized carbons (Fsp3) is 0.222.